The maximum Gasteiger partial charge on any atom is 0.410 e. The molecule has 0 unspecified atom stereocenters. The zero-order chi connectivity index (χ0) is 15.5. The van der Waals surface area contributed by atoms with Crippen LogP contribution >= 0.6 is 12.4 Å². The van der Waals surface area contributed by atoms with Crippen molar-refractivity contribution in [1.29, 1.82) is 0 Å². The molecule has 7 heteroatoms. The summed E-state index contributed by atoms with van der Waals surface area (Å²) in [4.78, 5) is 28.1. The van der Waals surface area contributed by atoms with Crippen LogP contribution in [-0.2, 0) is 9.53 Å². The van der Waals surface area contributed by atoms with Crippen molar-refractivity contribution >= 4 is 24.4 Å². The Morgan fingerprint density at radius 2 is 1.91 bits per heavy atom. The van der Waals surface area contributed by atoms with Crippen LogP contribution in [0.2, 0.25) is 0 Å². The van der Waals surface area contributed by atoms with E-state index >= 15 is 0 Å². The first kappa shape index (κ1) is 16.8. The lowest BCUT2D eigenvalue weighted by Crippen LogP contribution is -2.53. The molecule has 130 valence electrons. The summed E-state index contributed by atoms with van der Waals surface area (Å²) in [6, 6.07) is 0.0533. The third-order valence-electron chi connectivity index (χ3n) is 6.39. The Morgan fingerprint density at radius 1 is 1.26 bits per heavy atom. The van der Waals surface area contributed by atoms with Crippen LogP contribution < -0.4 is 5.73 Å². The van der Waals surface area contributed by atoms with Gasteiger partial charge in [0.25, 0.3) is 0 Å². The number of fused-ring (bicyclic) bond motifs is 2. The highest BCUT2D eigenvalue weighted by Crippen LogP contribution is 2.48. The predicted octanol–water partition coefficient (Wildman–Crippen LogP) is 1.22. The Hall–Kier alpha value is -1.01. The van der Waals surface area contributed by atoms with Gasteiger partial charge >= 0.3 is 6.09 Å². The molecule has 23 heavy (non-hydrogen) atoms. The van der Waals surface area contributed by atoms with Crippen molar-refractivity contribution in [2.45, 2.75) is 43.7 Å². The van der Waals surface area contributed by atoms with Gasteiger partial charge in [-0.05, 0) is 31.1 Å². The molecule has 0 aromatic carbocycles. The van der Waals surface area contributed by atoms with Crippen molar-refractivity contribution in [3.63, 3.8) is 0 Å². The molecule has 0 aromatic heterocycles. The summed E-state index contributed by atoms with van der Waals surface area (Å²) in [5.74, 6) is 1.33. The largest absolute Gasteiger partial charge is 0.441 e. The predicted molar refractivity (Wildman–Crippen MR) is 87.2 cm³/mol. The van der Waals surface area contributed by atoms with E-state index in [1.807, 2.05) is 4.90 Å². The second kappa shape index (κ2) is 5.81. The molecule has 2 amide bonds. The number of piperidine rings is 1. The molecule has 6 nitrogen and oxygen atoms in total. The Labute approximate surface area is 143 Å². The normalized spacial score (nSPS) is 37.9. The van der Waals surface area contributed by atoms with Crippen molar-refractivity contribution in [3.8, 4) is 0 Å². The van der Waals surface area contributed by atoms with E-state index in [9.17, 15) is 9.59 Å². The number of ether oxygens (including phenoxy) is 1. The summed E-state index contributed by atoms with van der Waals surface area (Å²) < 4.78 is 5.55. The number of nitrogens with zero attached hydrogens (tertiary/aromatic N) is 2. The number of likely N-dealkylation sites (N-methyl/N-ethyl adjacent to an activating group) is 1. The molecule has 0 aromatic rings. The standard InChI is InChI=1S/C16H25N3O3.ClH/c1-18-9-16(22-15(18)21)4-6-19(7-5-16)14(20)12-10-2-3-11(8-10)13(12)17;/h10-13H,2-9,17H2,1H3;1H/t10-,11+,12-,13+;/m1./s1. The molecule has 2 heterocycles. The number of likely N-dealkylation sites (tertiary alicyclic amines) is 1. The average Bonchev–Trinajstić information content (AvgIpc) is 3.14. The highest BCUT2D eigenvalue weighted by Gasteiger charge is 2.52. The summed E-state index contributed by atoms with van der Waals surface area (Å²) in [6.07, 6.45) is 4.73. The van der Waals surface area contributed by atoms with Gasteiger partial charge in [0.2, 0.25) is 5.91 Å². The first-order valence-corrected chi connectivity index (χ1v) is 8.48. The van der Waals surface area contributed by atoms with Crippen molar-refractivity contribution in [3.05, 3.63) is 0 Å². The quantitative estimate of drug-likeness (QED) is 0.776. The van der Waals surface area contributed by atoms with Crippen LogP contribution in [-0.4, -0.2) is 60.1 Å². The summed E-state index contributed by atoms with van der Waals surface area (Å²) in [5, 5.41) is 0. The topological polar surface area (TPSA) is 75.9 Å². The van der Waals surface area contributed by atoms with E-state index in [4.69, 9.17) is 10.5 Å². The van der Waals surface area contributed by atoms with E-state index in [2.05, 4.69) is 0 Å². The first-order chi connectivity index (χ1) is 10.5. The lowest BCUT2D eigenvalue weighted by atomic mass is 9.83. The van der Waals surface area contributed by atoms with Crippen LogP contribution in [0.4, 0.5) is 4.79 Å². The van der Waals surface area contributed by atoms with Crippen LogP contribution in [0.25, 0.3) is 0 Å². The van der Waals surface area contributed by atoms with Crippen LogP contribution in [0.5, 0.6) is 0 Å². The van der Waals surface area contributed by atoms with Crippen molar-refractivity contribution in [2.75, 3.05) is 26.7 Å². The number of hydrogen-bond acceptors (Lipinski definition) is 4. The zero-order valence-electron chi connectivity index (χ0n) is 13.6. The zero-order valence-corrected chi connectivity index (χ0v) is 14.4. The number of halogens is 1. The summed E-state index contributed by atoms with van der Waals surface area (Å²) >= 11 is 0. The molecule has 4 atom stereocenters. The SMILES string of the molecule is CN1CC2(CCN(C(=O)[C@@H]3[C@@H]4CC[C@@H](C4)[C@@H]3N)CC2)OC1=O.Cl. The van der Waals surface area contributed by atoms with Gasteiger partial charge in [0.05, 0.1) is 12.5 Å². The minimum absolute atomic E-state index is 0. The van der Waals surface area contributed by atoms with E-state index in [1.165, 1.54) is 6.42 Å². The van der Waals surface area contributed by atoms with Gasteiger partial charge in [0.15, 0.2) is 0 Å². The fraction of sp³-hybridized carbons (Fsp3) is 0.875. The summed E-state index contributed by atoms with van der Waals surface area (Å²) in [5.41, 5.74) is 5.92. The summed E-state index contributed by atoms with van der Waals surface area (Å²) in [6.45, 7) is 2.00. The van der Waals surface area contributed by atoms with Crippen molar-refractivity contribution < 1.29 is 14.3 Å². The second-order valence-corrected chi connectivity index (χ2v) is 7.67. The molecule has 2 aliphatic heterocycles. The molecule has 2 N–H and O–H groups in total. The molecular formula is C16H26ClN3O3. The lowest BCUT2D eigenvalue weighted by molar-refractivity contribution is -0.141. The van der Waals surface area contributed by atoms with E-state index in [1.54, 1.807) is 11.9 Å². The number of amides is 2. The Kier molecular flexibility index (Phi) is 4.25. The number of hydrogen-bond donors (Lipinski definition) is 1. The van der Waals surface area contributed by atoms with Crippen molar-refractivity contribution in [1.82, 2.24) is 9.80 Å². The molecule has 4 aliphatic rings. The Bertz CT molecular complexity index is 505. The molecule has 4 fully saturated rings. The van der Waals surface area contributed by atoms with Gasteiger partial charge in [-0.25, -0.2) is 4.79 Å². The maximum atomic E-state index is 12.9. The van der Waals surface area contributed by atoms with Crippen LogP contribution in [0.15, 0.2) is 0 Å². The van der Waals surface area contributed by atoms with Gasteiger partial charge in [-0.2, -0.15) is 0 Å². The van der Waals surface area contributed by atoms with Gasteiger partial charge in [0.1, 0.15) is 5.60 Å². The van der Waals surface area contributed by atoms with Crippen LogP contribution in [0.1, 0.15) is 32.1 Å². The van der Waals surface area contributed by atoms with E-state index in [-0.39, 0.29) is 42.0 Å². The molecule has 0 radical (unpaired) electrons. The maximum absolute atomic E-state index is 12.9. The number of carbonyl (C=O) groups excluding carboxylic acids is 2. The molecular weight excluding hydrogens is 318 g/mol. The number of nitrogens with two attached hydrogens (primary N) is 1. The molecule has 2 bridgehead atoms. The van der Waals surface area contributed by atoms with Gasteiger partial charge in [-0.1, -0.05) is 0 Å². The Balaban J connectivity index is 0.00000156. The second-order valence-electron chi connectivity index (χ2n) is 7.67. The van der Waals surface area contributed by atoms with Crippen molar-refractivity contribution in [2.24, 2.45) is 23.5 Å². The third-order valence-corrected chi connectivity index (χ3v) is 6.39. The van der Waals surface area contributed by atoms with Crippen LogP contribution in [0, 0.1) is 17.8 Å². The average molecular weight is 344 g/mol. The minimum atomic E-state index is -0.376. The lowest BCUT2D eigenvalue weighted by Gasteiger charge is -2.40. The molecule has 1 spiro atoms. The first-order valence-electron chi connectivity index (χ1n) is 8.48. The van der Waals surface area contributed by atoms with Gasteiger partial charge in [-0.15, -0.1) is 12.4 Å². The summed E-state index contributed by atoms with van der Waals surface area (Å²) in [7, 11) is 1.77. The van der Waals surface area contributed by atoms with E-state index in [0.717, 1.165) is 25.7 Å². The van der Waals surface area contributed by atoms with Gasteiger partial charge < -0.3 is 20.3 Å². The monoisotopic (exact) mass is 343 g/mol. The van der Waals surface area contributed by atoms with E-state index in [0.29, 0.717) is 31.5 Å². The molecule has 2 saturated carbocycles. The number of carbonyl (C=O) groups is 2. The van der Waals surface area contributed by atoms with Gasteiger partial charge in [0, 0.05) is 39.0 Å². The van der Waals surface area contributed by atoms with E-state index < -0.39 is 0 Å². The minimum Gasteiger partial charge on any atom is -0.441 e. The third kappa shape index (κ3) is 2.60. The highest BCUT2D eigenvalue weighted by atomic mass is 35.5. The van der Waals surface area contributed by atoms with Gasteiger partial charge in [-0.3, -0.25) is 4.79 Å². The number of rotatable bonds is 1. The smallest absolute Gasteiger partial charge is 0.410 e. The van der Waals surface area contributed by atoms with Crippen LogP contribution in [0.3, 0.4) is 0 Å². The Morgan fingerprint density at radius 3 is 2.43 bits per heavy atom. The molecule has 4 rings (SSSR count). The fourth-order valence-electron chi connectivity index (χ4n) is 5.10. The highest BCUT2D eigenvalue weighted by molar-refractivity contribution is 5.85. The molecule has 2 aliphatic carbocycles. The fourth-order valence-corrected chi connectivity index (χ4v) is 5.10. The molecule has 2 saturated heterocycles.